The number of aryl methyl sites for hydroxylation is 2. The summed E-state index contributed by atoms with van der Waals surface area (Å²) in [6.07, 6.45) is 7.10. The fourth-order valence-corrected chi connectivity index (χ4v) is 4.10. The van der Waals surface area contributed by atoms with Crippen molar-refractivity contribution in [2.24, 2.45) is 0 Å². The maximum atomic E-state index is 10.8. The maximum absolute atomic E-state index is 10.8. The van der Waals surface area contributed by atoms with Gasteiger partial charge in [0.2, 0.25) is 0 Å². The molecule has 2 aromatic carbocycles. The van der Waals surface area contributed by atoms with E-state index in [-0.39, 0.29) is 6.61 Å². The standard InChI is InChI=1S/C24H28N2O2/c1-17-9-8-10-18(2)23(17)28-16-20(27)15-26-22-14-7-6-13-21(22)25-24(26)19-11-4-3-5-12-19/h3-4,6-10,13-14,19-20,27H,5,11-12,15-16H2,1-2H3. The van der Waals surface area contributed by atoms with Crippen molar-refractivity contribution in [2.75, 3.05) is 6.61 Å². The van der Waals surface area contributed by atoms with Gasteiger partial charge in [-0.3, -0.25) is 0 Å². The summed E-state index contributed by atoms with van der Waals surface area (Å²) in [6.45, 7) is 4.82. The summed E-state index contributed by atoms with van der Waals surface area (Å²) in [5.74, 6) is 2.36. The Morgan fingerprint density at radius 3 is 2.64 bits per heavy atom. The molecule has 4 heteroatoms. The molecule has 146 valence electrons. The normalized spacial score (nSPS) is 17.8. The minimum Gasteiger partial charge on any atom is -0.490 e. The van der Waals surface area contributed by atoms with Crippen LogP contribution in [0.5, 0.6) is 5.75 Å². The molecule has 0 amide bonds. The van der Waals surface area contributed by atoms with E-state index in [2.05, 4.69) is 22.8 Å². The van der Waals surface area contributed by atoms with Crippen molar-refractivity contribution in [3.8, 4) is 5.75 Å². The van der Waals surface area contributed by atoms with E-state index in [0.29, 0.717) is 12.5 Å². The first-order chi connectivity index (χ1) is 13.6. The molecule has 0 aliphatic heterocycles. The zero-order chi connectivity index (χ0) is 19.5. The summed E-state index contributed by atoms with van der Waals surface area (Å²) in [5, 5.41) is 10.8. The van der Waals surface area contributed by atoms with Crippen LogP contribution in [0.3, 0.4) is 0 Å². The lowest BCUT2D eigenvalue weighted by Gasteiger charge is -2.21. The van der Waals surface area contributed by atoms with Crippen LogP contribution in [0.1, 0.15) is 42.1 Å². The SMILES string of the molecule is Cc1cccc(C)c1OCC(O)Cn1c(C2CC=CCC2)nc2ccccc21. The van der Waals surface area contributed by atoms with E-state index < -0.39 is 6.10 Å². The number of aliphatic hydroxyl groups is 1. The Labute approximate surface area is 166 Å². The lowest BCUT2D eigenvalue weighted by atomic mass is 9.93. The van der Waals surface area contributed by atoms with Gasteiger partial charge in [-0.2, -0.15) is 0 Å². The number of fused-ring (bicyclic) bond motifs is 1. The van der Waals surface area contributed by atoms with Gasteiger partial charge in [0, 0.05) is 5.92 Å². The van der Waals surface area contributed by atoms with Crippen LogP contribution in [0, 0.1) is 13.8 Å². The highest BCUT2D eigenvalue weighted by atomic mass is 16.5. The van der Waals surface area contributed by atoms with Crippen LogP contribution in [0.15, 0.2) is 54.6 Å². The summed E-state index contributed by atoms with van der Waals surface area (Å²) in [5.41, 5.74) is 4.26. The van der Waals surface area contributed by atoms with Crippen LogP contribution in [-0.2, 0) is 6.54 Å². The van der Waals surface area contributed by atoms with Gasteiger partial charge in [-0.15, -0.1) is 0 Å². The minimum absolute atomic E-state index is 0.266. The number of hydrogen-bond acceptors (Lipinski definition) is 3. The number of benzene rings is 2. The molecule has 4 rings (SSSR count). The van der Waals surface area contributed by atoms with Crippen molar-refractivity contribution in [3.05, 3.63) is 71.6 Å². The average Bonchev–Trinajstić information content (AvgIpc) is 3.07. The third-order valence-corrected chi connectivity index (χ3v) is 5.54. The van der Waals surface area contributed by atoms with E-state index >= 15 is 0 Å². The van der Waals surface area contributed by atoms with Gasteiger partial charge in [0.05, 0.1) is 17.6 Å². The number of aliphatic hydroxyl groups excluding tert-OH is 1. The summed E-state index contributed by atoms with van der Waals surface area (Å²) < 4.78 is 8.17. The second-order valence-electron chi connectivity index (χ2n) is 7.74. The van der Waals surface area contributed by atoms with E-state index in [1.807, 2.05) is 50.2 Å². The van der Waals surface area contributed by atoms with E-state index in [1.54, 1.807) is 0 Å². The third-order valence-electron chi connectivity index (χ3n) is 5.54. The minimum atomic E-state index is -0.602. The van der Waals surface area contributed by atoms with Crippen molar-refractivity contribution in [2.45, 2.75) is 51.7 Å². The average molecular weight is 377 g/mol. The van der Waals surface area contributed by atoms with Gasteiger partial charge in [-0.25, -0.2) is 4.98 Å². The summed E-state index contributed by atoms with van der Waals surface area (Å²) in [4.78, 5) is 4.91. The van der Waals surface area contributed by atoms with Crippen LogP contribution in [-0.4, -0.2) is 27.4 Å². The molecule has 0 saturated heterocycles. The Morgan fingerprint density at radius 1 is 1.11 bits per heavy atom. The highest BCUT2D eigenvalue weighted by molar-refractivity contribution is 5.76. The Kier molecular flexibility index (Phi) is 5.49. The molecule has 0 spiro atoms. The first-order valence-corrected chi connectivity index (χ1v) is 10.1. The monoisotopic (exact) mass is 376 g/mol. The molecule has 1 aliphatic carbocycles. The lowest BCUT2D eigenvalue weighted by Crippen LogP contribution is -2.25. The smallest absolute Gasteiger partial charge is 0.125 e. The Balaban J connectivity index is 1.55. The molecule has 0 saturated carbocycles. The molecule has 28 heavy (non-hydrogen) atoms. The molecule has 1 heterocycles. The van der Waals surface area contributed by atoms with Gasteiger partial charge in [-0.1, -0.05) is 42.5 Å². The number of allylic oxidation sites excluding steroid dienone is 2. The van der Waals surface area contributed by atoms with Crippen molar-refractivity contribution in [1.29, 1.82) is 0 Å². The number of imidazole rings is 1. The molecular weight excluding hydrogens is 348 g/mol. The van der Waals surface area contributed by atoms with Crippen molar-refractivity contribution in [3.63, 3.8) is 0 Å². The van der Waals surface area contributed by atoms with Gasteiger partial charge in [0.25, 0.3) is 0 Å². The highest BCUT2D eigenvalue weighted by Gasteiger charge is 2.22. The molecule has 2 atom stereocenters. The zero-order valence-corrected chi connectivity index (χ0v) is 16.6. The first kappa shape index (κ1) is 18.8. The number of nitrogens with zero attached hydrogens (tertiary/aromatic N) is 2. The van der Waals surface area contributed by atoms with E-state index in [9.17, 15) is 5.11 Å². The summed E-state index contributed by atoms with van der Waals surface area (Å²) in [6, 6.07) is 14.3. The Bertz CT molecular complexity index is 969. The zero-order valence-electron chi connectivity index (χ0n) is 16.6. The highest BCUT2D eigenvalue weighted by Crippen LogP contribution is 2.31. The molecular formula is C24H28N2O2. The van der Waals surface area contributed by atoms with Crippen LogP contribution in [0.4, 0.5) is 0 Å². The lowest BCUT2D eigenvalue weighted by molar-refractivity contribution is 0.0917. The number of ether oxygens (including phenoxy) is 1. The number of hydrogen-bond donors (Lipinski definition) is 1. The molecule has 0 bridgehead atoms. The van der Waals surface area contributed by atoms with Gasteiger partial charge in [0.1, 0.15) is 24.3 Å². The van der Waals surface area contributed by atoms with Crippen LogP contribution >= 0.6 is 0 Å². The predicted octanol–water partition coefficient (Wildman–Crippen LogP) is 4.92. The quantitative estimate of drug-likeness (QED) is 0.621. The fraction of sp³-hybridized carbons (Fsp3) is 0.375. The van der Waals surface area contributed by atoms with Gasteiger partial charge >= 0.3 is 0 Å². The van der Waals surface area contributed by atoms with Crippen LogP contribution < -0.4 is 4.74 Å². The van der Waals surface area contributed by atoms with E-state index in [1.165, 1.54) is 0 Å². The second-order valence-corrected chi connectivity index (χ2v) is 7.74. The molecule has 1 N–H and O–H groups in total. The van der Waals surface area contributed by atoms with Gasteiger partial charge in [0.15, 0.2) is 0 Å². The van der Waals surface area contributed by atoms with E-state index in [0.717, 1.165) is 53.0 Å². The molecule has 4 nitrogen and oxygen atoms in total. The molecule has 0 radical (unpaired) electrons. The number of rotatable bonds is 6. The predicted molar refractivity (Wildman–Crippen MR) is 113 cm³/mol. The summed E-state index contributed by atoms with van der Waals surface area (Å²) in [7, 11) is 0. The van der Waals surface area contributed by atoms with Crippen molar-refractivity contribution >= 4 is 11.0 Å². The number of para-hydroxylation sites is 3. The Hall–Kier alpha value is -2.59. The van der Waals surface area contributed by atoms with E-state index in [4.69, 9.17) is 9.72 Å². The first-order valence-electron chi connectivity index (χ1n) is 10.1. The topological polar surface area (TPSA) is 47.3 Å². The molecule has 1 aromatic heterocycles. The molecule has 2 unspecified atom stereocenters. The van der Waals surface area contributed by atoms with Crippen molar-refractivity contribution < 1.29 is 9.84 Å². The third kappa shape index (κ3) is 3.83. The van der Waals surface area contributed by atoms with Crippen molar-refractivity contribution in [1.82, 2.24) is 9.55 Å². The maximum Gasteiger partial charge on any atom is 0.125 e. The van der Waals surface area contributed by atoms with Crippen LogP contribution in [0.2, 0.25) is 0 Å². The Morgan fingerprint density at radius 2 is 1.89 bits per heavy atom. The van der Waals surface area contributed by atoms with Crippen LogP contribution in [0.25, 0.3) is 11.0 Å². The molecule has 3 aromatic rings. The largest absolute Gasteiger partial charge is 0.490 e. The second kappa shape index (κ2) is 8.19. The van der Waals surface area contributed by atoms with Gasteiger partial charge < -0.3 is 14.4 Å². The summed E-state index contributed by atoms with van der Waals surface area (Å²) >= 11 is 0. The molecule has 0 fully saturated rings. The van der Waals surface area contributed by atoms with Gasteiger partial charge in [-0.05, 0) is 56.4 Å². The molecule has 1 aliphatic rings. The number of aromatic nitrogens is 2. The fourth-order valence-electron chi connectivity index (χ4n) is 4.10.